The van der Waals surface area contributed by atoms with Crippen LogP contribution in [0, 0.1) is 0 Å². The fraction of sp³-hybridized carbons (Fsp3) is 0.375. The van der Waals surface area contributed by atoms with Gasteiger partial charge in [-0.15, -0.1) is 0 Å². The summed E-state index contributed by atoms with van der Waals surface area (Å²) in [6, 6.07) is 10.3. The van der Waals surface area contributed by atoms with E-state index in [-0.39, 0.29) is 0 Å². The first-order chi connectivity index (χ1) is 9.28. The number of aliphatic hydroxyl groups is 1. The average molecular weight is 256 g/mol. The summed E-state index contributed by atoms with van der Waals surface area (Å²) in [7, 11) is 0. The van der Waals surface area contributed by atoms with E-state index in [4.69, 9.17) is 0 Å². The standard InChI is InChI=1S/C16H20N2O/c19-16(12-18-11-13-7-9-17-10-13)8-3-5-14-4-1-2-6-15(14)16/h1-2,4,6-7,9-10,17-19H,3,5,8,11-12H2. The van der Waals surface area contributed by atoms with Crippen molar-refractivity contribution in [1.29, 1.82) is 0 Å². The van der Waals surface area contributed by atoms with Crippen LogP contribution < -0.4 is 5.32 Å². The van der Waals surface area contributed by atoms with Crippen LogP contribution in [0.3, 0.4) is 0 Å². The minimum atomic E-state index is -0.717. The van der Waals surface area contributed by atoms with Crippen molar-refractivity contribution in [3.63, 3.8) is 0 Å². The lowest BCUT2D eigenvalue weighted by atomic mass is 9.79. The Bertz CT molecular complexity index is 535. The Hall–Kier alpha value is -1.58. The first-order valence-corrected chi connectivity index (χ1v) is 6.91. The smallest absolute Gasteiger partial charge is 0.102 e. The van der Waals surface area contributed by atoms with Crippen LogP contribution in [0.1, 0.15) is 29.5 Å². The quantitative estimate of drug-likeness (QED) is 0.786. The highest BCUT2D eigenvalue weighted by molar-refractivity contribution is 5.35. The highest BCUT2D eigenvalue weighted by Gasteiger charge is 2.33. The van der Waals surface area contributed by atoms with Crippen LogP contribution in [0.4, 0.5) is 0 Å². The molecule has 3 nitrogen and oxygen atoms in total. The van der Waals surface area contributed by atoms with Crippen LogP contribution in [0.2, 0.25) is 0 Å². The van der Waals surface area contributed by atoms with Crippen molar-refractivity contribution in [3.8, 4) is 0 Å². The molecule has 1 heterocycles. The zero-order valence-electron chi connectivity index (χ0n) is 11.0. The summed E-state index contributed by atoms with van der Waals surface area (Å²) in [4.78, 5) is 3.04. The summed E-state index contributed by atoms with van der Waals surface area (Å²) in [5, 5.41) is 14.3. The minimum Gasteiger partial charge on any atom is -0.384 e. The summed E-state index contributed by atoms with van der Waals surface area (Å²) < 4.78 is 0. The zero-order valence-corrected chi connectivity index (χ0v) is 11.0. The van der Waals surface area contributed by atoms with Gasteiger partial charge in [0.1, 0.15) is 5.60 Å². The van der Waals surface area contributed by atoms with Crippen LogP contribution >= 0.6 is 0 Å². The molecule has 0 saturated heterocycles. The molecule has 0 aliphatic heterocycles. The van der Waals surface area contributed by atoms with Gasteiger partial charge in [-0.1, -0.05) is 24.3 Å². The molecule has 100 valence electrons. The molecule has 1 aliphatic rings. The SMILES string of the molecule is OC1(CNCc2cc[nH]c2)CCCc2ccccc21. The summed E-state index contributed by atoms with van der Waals surface area (Å²) in [6.07, 6.45) is 6.87. The van der Waals surface area contributed by atoms with Gasteiger partial charge in [0.05, 0.1) is 0 Å². The Labute approximate surface area is 113 Å². The second-order valence-corrected chi connectivity index (χ2v) is 5.37. The molecule has 19 heavy (non-hydrogen) atoms. The van der Waals surface area contributed by atoms with Crippen LogP contribution in [-0.2, 0) is 18.6 Å². The van der Waals surface area contributed by atoms with Crippen molar-refractivity contribution in [2.24, 2.45) is 0 Å². The van der Waals surface area contributed by atoms with Gasteiger partial charge in [-0.3, -0.25) is 0 Å². The molecule has 0 spiro atoms. The van der Waals surface area contributed by atoms with Crippen LogP contribution in [0.15, 0.2) is 42.7 Å². The summed E-state index contributed by atoms with van der Waals surface area (Å²) in [5.41, 5.74) is 2.89. The lowest BCUT2D eigenvalue weighted by Crippen LogP contribution is -2.40. The highest BCUT2D eigenvalue weighted by Crippen LogP contribution is 2.34. The summed E-state index contributed by atoms with van der Waals surface area (Å²) >= 11 is 0. The maximum Gasteiger partial charge on any atom is 0.102 e. The van der Waals surface area contributed by atoms with Crippen LogP contribution in [0.5, 0.6) is 0 Å². The van der Waals surface area contributed by atoms with Gasteiger partial charge < -0.3 is 15.4 Å². The maximum atomic E-state index is 10.9. The molecule has 0 amide bonds. The van der Waals surface area contributed by atoms with Gasteiger partial charge in [-0.25, -0.2) is 0 Å². The Balaban J connectivity index is 1.70. The molecule has 0 radical (unpaired) electrons. The molecule has 1 aromatic heterocycles. The van der Waals surface area contributed by atoms with Crippen molar-refractivity contribution in [2.75, 3.05) is 6.54 Å². The molecule has 3 rings (SSSR count). The van der Waals surface area contributed by atoms with Crippen molar-refractivity contribution >= 4 is 0 Å². The molecule has 1 unspecified atom stereocenters. The second-order valence-electron chi connectivity index (χ2n) is 5.37. The van der Waals surface area contributed by atoms with Crippen molar-refractivity contribution in [2.45, 2.75) is 31.4 Å². The van der Waals surface area contributed by atoms with Crippen molar-refractivity contribution in [1.82, 2.24) is 10.3 Å². The first-order valence-electron chi connectivity index (χ1n) is 6.91. The van der Waals surface area contributed by atoms with Crippen molar-refractivity contribution < 1.29 is 5.11 Å². The molecular formula is C16H20N2O. The number of hydrogen-bond donors (Lipinski definition) is 3. The molecule has 3 heteroatoms. The van der Waals surface area contributed by atoms with Gasteiger partial charge in [0.15, 0.2) is 0 Å². The third-order valence-corrected chi connectivity index (χ3v) is 3.96. The maximum absolute atomic E-state index is 10.9. The van der Waals surface area contributed by atoms with E-state index in [1.54, 1.807) is 0 Å². The fourth-order valence-corrected chi connectivity index (χ4v) is 2.96. The molecule has 0 fully saturated rings. The van der Waals surface area contributed by atoms with Gasteiger partial charge in [-0.05, 0) is 42.0 Å². The summed E-state index contributed by atoms with van der Waals surface area (Å²) in [6.45, 7) is 1.39. The number of aromatic nitrogens is 1. The van der Waals surface area contributed by atoms with Gasteiger partial charge in [0.25, 0.3) is 0 Å². The largest absolute Gasteiger partial charge is 0.384 e. The fourth-order valence-electron chi connectivity index (χ4n) is 2.96. The van der Waals surface area contributed by atoms with E-state index in [9.17, 15) is 5.11 Å². The van der Waals surface area contributed by atoms with E-state index in [1.807, 2.05) is 24.5 Å². The van der Waals surface area contributed by atoms with E-state index in [0.717, 1.165) is 31.4 Å². The Morgan fingerprint density at radius 3 is 3.00 bits per heavy atom. The topological polar surface area (TPSA) is 48.0 Å². The molecule has 1 atom stereocenters. The molecule has 3 N–H and O–H groups in total. The Kier molecular flexibility index (Phi) is 3.40. The number of aromatic amines is 1. The van der Waals surface area contributed by atoms with E-state index in [2.05, 4.69) is 28.5 Å². The normalized spacial score (nSPS) is 22.2. The minimum absolute atomic E-state index is 0.606. The summed E-state index contributed by atoms with van der Waals surface area (Å²) in [5.74, 6) is 0. The number of rotatable bonds is 4. The van der Waals surface area contributed by atoms with Gasteiger partial charge in [0, 0.05) is 25.5 Å². The highest BCUT2D eigenvalue weighted by atomic mass is 16.3. The Morgan fingerprint density at radius 1 is 1.26 bits per heavy atom. The number of benzene rings is 1. The average Bonchev–Trinajstić information content (AvgIpc) is 2.93. The van der Waals surface area contributed by atoms with Crippen LogP contribution in [-0.4, -0.2) is 16.6 Å². The van der Waals surface area contributed by atoms with E-state index in [1.165, 1.54) is 11.1 Å². The number of hydrogen-bond acceptors (Lipinski definition) is 2. The third kappa shape index (κ3) is 2.57. The first kappa shape index (κ1) is 12.5. The molecule has 1 aliphatic carbocycles. The lowest BCUT2D eigenvalue weighted by Gasteiger charge is -2.34. The number of aryl methyl sites for hydroxylation is 1. The van der Waals surface area contributed by atoms with E-state index in [0.29, 0.717) is 6.54 Å². The van der Waals surface area contributed by atoms with E-state index >= 15 is 0 Å². The molecule has 0 bridgehead atoms. The number of fused-ring (bicyclic) bond motifs is 1. The van der Waals surface area contributed by atoms with Crippen molar-refractivity contribution in [3.05, 3.63) is 59.4 Å². The molecular weight excluding hydrogens is 236 g/mol. The predicted octanol–water partition coefficient (Wildman–Crippen LogP) is 2.33. The van der Waals surface area contributed by atoms with Crippen LogP contribution in [0.25, 0.3) is 0 Å². The Morgan fingerprint density at radius 2 is 2.16 bits per heavy atom. The lowest BCUT2D eigenvalue weighted by molar-refractivity contribution is 0.0189. The van der Waals surface area contributed by atoms with Gasteiger partial charge >= 0.3 is 0 Å². The molecule has 2 aromatic rings. The van der Waals surface area contributed by atoms with Gasteiger partial charge in [-0.2, -0.15) is 0 Å². The monoisotopic (exact) mass is 256 g/mol. The number of H-pyrrole nitrogens is 1. The molecule has 0 saturated carbocycles. The molecule has 1 aromatic carbocycles. The number of nitrogens with one attached hydrogen (secondary N) is 2. The second kappa shape index (κ2) is 5.19. The van der Waals surface area contributed by atoms with E-state index < -0.39 is 5.60 Å². The third-order valence-electron chi connectivity index (χ3n) is 3.96. The van der Waals surface area contributed by atoms with Gasteiger partial charge in [0.2, 0.25) is 0 Å². The predicted molar refractivity (Wildman–Crippen MR) is 75.8 cm³/mol. The zero-order chi connectivity index (χ0) is 13.1.